The Balaban J connectivity index is 1.94. The van der Waals surface area contributed by atoms with E-state index in [1.165, 1.54) is 0 Å². The van der Waals surface area contributed by atoms with E-state index >= 15 is 0 Å². The van der Waals surface area contributed by atoms with Crippen LogP contribution in [0.15, 0.2) is 18.2 Å². The van der Waals surface area contributed by atoms with Crippen LogP contribution in [0.5, 0.6) is 17.2 Å². The first-order valence-corrected chi connectivity index (χ1v) is 7.48. The number of hydrogen-bond acceptors (Lipinski definition) is 5. The van der Waals surface area contributed by atoms with Gasteiger partial charge in [-0.3, -0.25) is 9.69 Å². The molecule has 1 aliphatic rings. The van der Waals surface area contributed by atoms with Gasteiger partial charge in [0.15, 0.2) is 11.5 Å². The lowest BCUT2D eigenvalue weighted by molar-refractivity contribution is -0.144. The lowest BCUT2D eigenvalue weighted by Crippen LogP contribution is -2.46. The van der Waals surface area contributed by atoms with Crippen LogP contribution in [-0.2, 0) is 4.79 Å². The topological polar surface area (TPSA) is 68.2 Å². The van der Waals surface area contributed by atoms with Crippen molar-refractivity contribution in [3.05, 3.63) is 18.2 Å². The molecule has 1 aromatic carbocycles. The van der Waals surface area contributed by atoms with Crippen molar-refractivity contribution in [1.82, 2.24) is 4.90 Å². The van der Waals surface area contributed by atoms with Crippen LogP contribution in [0.25, 0.3) is 0 Å². The molecule has 1 heterocycles. The number of methoxy groups -OCH3 is 2. The summed E-state index contributed by atoms with van der Waals surface area (Å²) in [5, 5.41) is 9.26. The van der Waals surface area contributed by atoms with Gasteiger partial charge in [-0.05, 0) is 31.5 Å². The van der Waals surface area contributed by atoms with E-state index in [1.54, 1.807) is 20.3 Å². The number of hydrogen-bond donors (Lipinski definition) is 1. The van der Waals surface area contributed by atoms with Gasteiger partial charge in [-0.15, -0.1) is 0 Å². The number of likely N-dealkylation sites (tertiary alicyclic amines) is 1. The van der Waals surface area contributed by atoms with Crippen LogP contribution < -0.4 is 14.2 Å². The minimum atomic E-state index is -0.751. The Morgan fingerprint density at radius 3 is 2.73 bits per heavy atom. The molecule has 1 unspecified atom stereocenters. The number of carboxylic acids is 1. The van der Waals surface area contributed by atoms with Gasteiger partial charge in [0.25, 0.3) is 0 Å². The first kappa shape index (κ1) is 16.4. The number of carbonyl (C=O) groups is 1. The Morgan fingerprint density at radius 1 is 1.27 bits per heavy atom. The summed E-state index contributed by atoms with van der Waals surface area (Å²) in [4.78, 5) is 13.2. The predicted molar refractivity (Wildman–Crippen MR) is 81.9 cm³/mol. The summed E-state index contributed by atoms with van der Waals surface area (Å²) < 4.78 is 16.3. The minimum Gasteiger partial charge on any atom is -0.493 e. The van der Waals surface area contributed by atoms with Gasteiger partial charge in [0.05, 0.1) is 14.2 Å². The number of nitrogens with zero attached hydrogens (tertiary/aromatic N) is 1. The Labute approximate surface area is 130 Å². The third-order valence-corrected chi connectivity index (χ3v) is 3.90. The van der Waals surface area contributed by atoms with Crippen molar-refractivity contribution in [2.75, 3.05) is 33.9 Å². The fourth-order valence-corrected chi connectivity index (χ4v) is 2.78. The molecule has 0 radical (unpaired) electrons. The van der Waals surface area contributed by atoms with Gasteiger partial charge < -0.3 is 19.3 Å². The van der Waals surface area contributed by atoms with Crippen LogP contribution in [-0.4, -0.2) is 55.9 Å². The second-order valence-corrected chi connectivity index (χ2v) is 5.23. The fourth-order valence-electron chi connectivity index (χ4n) is 2.78. The average Bonchev–Trinajstić information content (AvgIpc) is 2.54. The van der Waals surface area contributed by atoms with Gasteiger partial charge in [0.1, 0.15) is 12.6 Å². The molecule has 6 heteroatoms. The first-order valence-electron chi connectivity index (χ1n) is 7.48. The molecule has 0 amide bonds. The van der Waals surface area contributed by atoms with Crippen LogP contribution in [0.3, 0.4) is 0 Å². The Bertz CT molecular complexity index is 505. The molecule has 0 aliphatic carbocycles. The van der Waals surface area contributed by atoms with Crippen molar-refractivity contribution in [1.29, 1.82) is 0 Å². The third kappa shape index (κ3) is 3.82. The zero-order valence-corrected chi connectivity index (χ0v) is 13.1. The highest BCUT2D eigenvalue weighted by Gasteiger charge is 2.28. The molecular weight excluding hydrogens is 286 g/mol. The lowest BCUT2D eigenvalue weighted by Gasteiger charge is -2.32. The molecule has 22 heavy (non-hydrogen) atoms. The van der Waals surface area contributed by atoms with E-state index in [0.717, 1.165) is 19.4 Å². The summed E-state index contributed by atoms with van der Waals surface area (Å²) in [7, 11) is 3.14. The Kier molecular flexibility index (Phi) is 5.89. The van der Waals surface area contributed by atoms with Crippen molar-refractivity contribution in [3.63, 3.8) is 0 Å². The molecule has 1 fully saturated rings. The SMILES string of the molecule is COc1cccc(OCCN2CCCCC2C(=O)O)c1OC. The fraction of sp³-hybridized carbons (Fsp3) is 0.562. The van der Waals surface area contributed by atoms with Crippen molar-refractivity contribution in [2.45, 2.75) is 25.3 Å². The summed E-state index contributed by atoms with van der Waals surface area (Å²) in [5.41, 5.74) is 0. The number of para-hydroxylation sites is 1. The smallest absolute Gasteiger partial charge is 0.320 e. The highest BCUT2D eigenvalue weighted by molar-refractivity contribution is 5.73. The largest absolute Gasteiger partial charge is 0.493 e. The van der Waals surface area contributed by atoms with E-state index in [9.17, 15) is 9.90 Å². The predicted octanol–water partition coefficient (Wildman–Crippen LogP) is 2.02. The van der Waals surface area contributed by atoms with E-state index in [4.69, 9.17) is 14.2 Å². The van der Waals surface area contributed by atoms with Crippen LogP contribution in [0.2, 0.25) is 0 Å². The summed E-state index contributed by atoms with van der Waals surface area (Å²) in [6, 6.07) is 5.05. The number of benzene rings is 1. The molecule has 6 nitrogen and oxygen atoms in total. The van der Waals surface area contributed by atoms with E-state index in [2.05, 4.69) is 0 Å². The van der Waals surface area contributed by atoms with Crippen LogP contribution >= 0.6 is 0 Å². The van der Waals surface area contributed by atoms with Crippen molar-refractivity contribution >= 4 is 5.97 Å². The van der Waals surface area contributed by atoms with Crippen LogP contribution in [0.1, 0.15) is 19.3 Å². The molecule has 2 rings (SSSR count). The summed E-state index contributed by atoms with van der Waals surface area (Å²) >= 11 is 0. The zero-order valence-electron chi connectivity index (χ0n) is 13.1. The van der Waals surface area contributed by atoms with Gasteiger partial charge in [-0.2, -0.15) is 0 Å². The maximum atomic E-state index is 11.3. The van der Waals surface area contributed by atoms with Crippen LogP contribution in [0, 0.1) is 0 Å². The monoisotopic (exact) mass is 309 g/mol. The molecule has 1 aromatic rings. The number of piperidine rings is 1. The number of ether oxygens (including phenoxy) is 3. The molecule has 1 atom stereocenters. The number of carboxylic acid groups (broad SMARTS) is 1. The van der Waals surface area contributed by atoms with Gasteiger partial charge >= 0.3 is 5.97 Å². The van der Waals surface area contributed by atoms with E-state index < -0.39 is 12.0 Å². The van der Waals surface area contributed by atoms with Crippen molar-refractivity contribution < 1.29 is 24.1 Å². The standard InChI is InChI=1S/C16H23NO5/c1-20-13-7-5-8-14(15(13)21-2)22-11-10-17-9-4-3-6-12(17)16(18)19/h5,7-8,12H,3-4,6,9-11H2,1-2H3,(H,18,19). The minimum absolute atomic E-state index is 0.399. The normalized spacial score (nSPS) is 18.7. The van der Waals surface area contributed by atoms with Gasteiger partial charge in [-0.25, -0.2) is 0 Å². The molecule has 1 N–H and O–H groups in total. The van der Waals surface area contributed by atoms with Crippen LogP contribution in [0.4, 0.5) is 0 Å². The molecular formula is C16H23NO5. The Morgan fingerprint density at radius 2 is 2.05 bits per heavy atom. The molecule has 0 saturated carbocycles. The maximum absolute atomic E-state index is 11.3. The van der Waals surface area contributed by atoms with E-state index in [1.807, 2.05) is 17.0 Å². The molecule has 1 aliphatic heterocycles. The zero-order chi connectivity index (χ0) is 15.9. The van der Waals surface area contributed by atoms with Gasteiger partial charge in [0, 0.05) is 6.54 Å². The highest BCUT2D eigenvalue weighted by atomic mass is 16.5. The molecule has 0 aromatic heterocycles. The first-order chi connectivity index (χ1) is 10.7. The third-order valence-electron chi connectivity index (χ3n) is 3.90. The summed E-state index contributed by atoms with van der Waals surface area (Å²) in [6.07, 6.45) is 2.71. The van der Waals surface area contributed by atoms with E-state index in [-0.39, 0.29) is 0 Å². The maximum Gasteiger partial charge on any atom is 0.320 e. The highest BCUT2D eigenvalue weighted by Crippen LogP contribution is 2.36. The summed E-state index contributed by atoms with van der Waals surface area (Å²) in [5.74, 6) is 1.02. The second-order valence-electron chi connectivity index (χ2n) is 5.23. The van der Waals surface area contributed by atoms with Gasteiger partial charge in [-0.1, -0.05) is 12.5 Å². The van der Waals surface area contributed by atoms with Crippen molar-refractivity contribution in [3.8, 4) is 17.2 Å². The van der Waals surface area contributed by atoms with E-state index in [0.29, 0.717) is 36.8 Å². The Hall–Kier alpha value is -1.95. The molecule has 1 saturated heterocycles. The number of aliphatic carboxylic acids is 1. The van der Waals surface area contributed by atoms with Crippen molar-refractivity contribution in [2.24, 2.45) is 0 Å². The summed E-state index contributed by atoms with van der Waals surface area (Å²) in [6.45, 7) is 1.79. The number of rotatable bonds is 7. The lowest BCUT2D eigenvalue weighted by atomic mass is 10.0. The molecule has 0 spiro atoms. The average molecular weight is 309 g/mol. The molecule has 122 valence electrons. The second kappa shape index (κ2) is 7.89. The quantitative estimate of drug-likeness (QED) is 0.831. The molecule has 0 bridgehead atoms. The van der Waals surface area contributed by atoms with Gasteiger partial charge in [0.2, 0.25) is 5.75 Å².